The zero-order valence-electron chi connectivity index (χ0n) is 11.7. The van der Waals surface area contributed by atoms with Gasteiger partial charge in [-0.3, -0.25) is 0 Å². The Balaban J connectivity index is 1.66. The first-order chi connectivity index (χ1) is 9.65. The van der Waals surface area contributed by atoms with Crippen molar-refractivity contribution < 1.29 is 19.4 Å². The Morgan fingerprint density at radius 3 is 2.85 bits per heavy atom. The summed E-state index contributed by atoms with van der Waals surface area (Å²) in [5.41, 5.74) is 0.270. The molecule has 110 valence electrons. The van der Waals surface area contributed by atoms with E-state index in [-0.39, 0.29) is 5.56 Å². The molecular weight excluding hydrogens is 258 g/mol. The number of carboxylic acids is 1. The predicted molar refractivity (Wildman–Crippen MR) is 75.3 cm³/mol. The molecule has 1 aromatic rings. The molecule has 1 heterocycles. The van der Waals surface area contributed by atoms with E-state index in [1.807, 2.05) is 0 Å². The second kappa shape index (κ2) is 7.26. The molecule has 5 nitrogen and oxygen atoms in total. The van der Waals surface area contributed by atoms with Crippen LogP contribution in [0.4, 0.5) is 0 Å². The van der Waals surface area contributed by atoms with E-state index in [2.05, 4.69) is 12.2 Å². The SMILES string of the molecule is CC1CC(NCCOc2ccc(C(=O)O)cc2)CCO1. The third kappa shape index (κ3) is 4.51. The van der Waals surface area contributed by atoms with Crippen molar-refractivity contribution in [2.45, 2.75) is 31.9 Å². The van der Waals surface area contributed by atoms with Gasteiger partial charge in [-0.2, -0.15) is 0 Å². The van der Waals surface area contributed by atoms with Gasteiger partial charge in [0.25, 0.3) is 0 Å². The van der Waals surface area contributed by atoms with Crippen molar-refractivity contribution in [1.82, 2.24) is 5.32 Å². The fourth-order valence-electron chi connectivity index (χ4n) is 2.31. The van der Waals surface area contributed by atoms with E-state index in [1.54, 1.807) is 24.3 Å². The summed E-state index contributed by atoms with van der Waals surface area (Å²) in [6, 6.07) is 6.95. The molecule has 20 heavy (non-hydrogen) atoms. The Morgan fingerprint density at radius 2 is 2.20 bits per heavy atom. The van der Waals surface area contributed by atoms with Gasteiger partial charge in [0.05, 0.1) is 11.7 Å². The first kappa shape index (κ1) is 14.8. The highest BCUT2D eigenvalue weighted by molar-refractivity contribution is 5.87. The molecule has 1 aliphatic rings. The van der Waals surface area contributed by atoms with Gasteiger partial charge in [0, 0.05) is 19.2 Å². The summed E-state index contributed by atoms with van der Waals surface area (Å²) >= 11 is 0. The molecule has 5 heteroatoms. The standard InChI is InChI=1S/C15H21NO4/c1-11-10-13(6-8-19-11)16-7-9-20-14-4-2-12(3-5-14)15(17)18/h2-5,11,13,16H,6-10H2,1H3,(H,17,18). The quantitative estimate of drug-likeness (QED) is 0.779. The number of rotatable bonds is 6. The summed E-state index contributed by atoms with van der Waals surface area (Å²) in [5.74, 6) is -0.232. The maximum Gasteiger partial charge on any atom is 0.335 e. The summed E-state index contributed by atoms with van der Waals surface area (Å²) in [5, 5.41) is 12.2. The van der Waals surface area contributed by atoms with Crippen molar-refractivity contribution >= 4 is 5.97 Å². The minimum Gasteiger partial charge on any atom is -0.492 e. The maximum absolute atomic E-state index is 10.7. The van der Waals surface area contributed by atoms with Gasteiger partial charge in [-0.1, -0.05) is 0 Å². The van der Waals surface area contributed by atoms with Crippen molar-refractivity contribution in [2.75, 3.05) is 19.8 Å². The van der Waals surface area contributed by atoms with Gasteiger partial charge in [-0.15, -0.1) is 0 Å². The lowest BCUT2D eigenvalue weighted by atomic mass is 10.0. The average Bonchev–Trinajstić information content (AvgIpc) is 2.44. The van der Waals surface area contributed by atoms with Crippen LogP contribution in [0, 0.1) is 0 Å². The van der Waals surface area contributed by atoms with Crippen molar-refractivity contribution in [2.24, 2.45) is 0 Å². The Kier molecular flexibility index (Phi) is 5.38. The molecule has 0 aliphatic carbocycles. The molecule has 2 unspecified atom stereocenters. The van der Waals surface area contributed by atoms with Crippen molar-refractivity contribution in [3.05, 3.63) is 29.8 Å². The molecule has 2 N–H and O–H groups in total. The zero-order valence-corrected chi connectivity index (χ0v) is 11.7. The van der Waals surface area contributed by atoms with E-state index in [9.17, 15) is 4.79 Å². The Labute approximate surface area is 118 Å². The highest BCUT2D eigenvalue weighted by Gasteiger charge is 2.18. The van der Waals surface area contributed by atoms with Crippen LogP contribution in [0.15, 0.2) is 24.3 Å². The summed E-state index contributed by atoms with van der Waals surface area (Å²) < 4.78 is 11.1. The van der Waals surface area contributed by atoms with E-state index in [1.165, 1.54) is 0 Å². The van der Waals surface area contributed by atoms with Crippen molar-refractivity contribution in [1.29, 1.82) is 0 Å². The fraction of sp³-hybridized carbons (Fsp3) is 0.533. The lowest BCUT2D eigenvalue weighted by Crippen LogP contribution is -2.39. The third-order valence-corrected chi connectivity index (χ3v) is 3.39. The molecule has 0 saturated carbocycles. The van der Waals surface area contributed by atoms with E-state index in [0.717, 1.165) is 26.0 Å². The fourth-order valence-corrected chi connectivity index (χ4v) is 2.31. The third-order valence-electron chi connectivity index (χ3n) is 3.39. The first-order valence-electron chi connectivity index (χ1n) is 6.96. The normalized spacial score (nSPS) is 22.4. The number of carboxylic acid groups (broad SMARTS) is 1. The maximum atomic E-state index is 10.7. The van der Waals surface area contributed by atoms with Gasteiger partial charge in [0.1, 0.15) is 12.4 Å². The largest absolute Gasteiger partial charge is 0.492 e. The Morgan fingerprint density at radius 1 is 1.45 bits per heavy atom. The lowest BCUT2D eigenvalue weighted by molar-refractivity contribution is 0.0129. The monoisotopic (exact) mass is 279 g/mol. The molecule has 0 bridgehead atoms. The van der Waals surface area contributed by atoms with Crippen LogP contribution >= 0.6 is 0 Å². The van der Waals surface area contributed by atoms with Crippen molar-refractivity contribution in [3.8, 4) is 5.75 Å². The van der Waals surface area contributed by atoms with Gasteiger partial charge >= 0.3 is 5.97 Å². The second-order valence-electron chi connectivity index (χ2n) is 5.03. The first-order valence-corrected chi connectivity index (χ1v) is 6.96. The molecule has 1 fully saturated rings. The number of benzene rings is 1. The molecule has 0 amide bonds. The van der Waals surface area contributed by atoms with Gasteiger partial charge in [-0.25, -0.2) is 4.79 Å². The topological polar surface area (TPSA) is 67.8 Å². The van der Waals surface area contributed by atoms with Crippen LogP contribution < -0.4 is 10.1 Å². The Bertz CT molecular complexity index is 432. The van der Waals surface area contributed by atoms with Crippen LogP contribution in [0.5, 0.6) is 5.75 Å². The van der Waals surface area contributed by atoms with E-state index >= 15 is 0 Å². The molecule has 1 aliphatic heterocycles. The Hall–Kier alpha value is -1.59. The van der Waals surface area contributed by atoms with Gasteiger partial charge in [0.15, 0.2) is 0 Å². The van der Waals surface area contributed by atoms with E-state index < -0.39 is 5.97 Å². The van der Waals surface area contributed by atoms with Gasteiger partial charge in [0.2, 0.25) is 0 Å². The molecule has 1 saturated heterocycles. The average molecular weight is 279 g/mol. The number of hydrogen-bond donors (Lipinski definition) is 2. The summed E-state index contributed by atoms with van der Waals surface area (Å²) in [7, 11) is 0. The lowest BCUT2D eigenvalue weighted by Gasteiger charge is -2.28. The molecule has 0 spiro atoms. The molecule has 2 rings (SSSR count). The predicted octanol–water partition coefficient (Wildman–Crippen LogP) is 1.92. The summed E-state index contributed by atoms with van der Waals surface area (Å²) in [6.45, 7) is 4.25. The van der Waals surface area contributed by atoms with Crippen molar-refractivity contribution in [3.63, 3.8) is 0 Å². The number of aromatic carboxylic acids is 1. The molecule has 0 radical (unpaired) electrons. The minimum absolute atomic E-state index is 0.270. The van der Waals surface area contributed by atoms with Gasteiger partial charge in [-0.05, 0) is 44.0 Å². The number of hydrogen-bond acceptors (Lipinski definition) is 4. The zero-order chi connectivity index (χ0) is 14.4. The molecule has 0 aromatic heterocycles. The van der Waals surface area contributed by atoms with Crippen LogP contribution in [-0.2, 0) is 4.74 Å². The van der Waals surface area contributed by atoms with Crippen LogP contribution in [0.3, 0.4) is 0 Å². The van der Waals surface area contributed by atoms with Crippen LogP contribution in [0.25, 0.3) is 0 Å². The highest BCUT2D eigenvalue weighted by atomic mass is 16.5. The minimum atomic E-state index is -0.924. The number of ether oxygens (including phenoxy) is 2. The summed E-state index contributed by atoms with van der Waals surface area (Å²) in [4.78, 5) is 10.7. The van der Waals surface area contributed by atoms with Crippen LogP contribution in [0.1, 0.15) is 30.1 Å². The summed E-state index contributed by atoms with van der Waals surface area (Å²) in [6.07, 6.45) is 2.40. The van der Waals surface area contributed by atoms with Crippen LogP contribution in [0.2, 0.25) is 0 Å². The molecule has 2 atom stereocenters. The second-order valence-corrected chi connectivity index (χ2v) is 5.03. The molecular formula is C15H21NO4. The van der Waals surface area contributed by atoms with E-state index in [0.29, 0.717) is 24.5 Å². The number of nitrogens with one attached hydrogen (secondary N) is 1. The van der Waals surface area contributed by atoms with E-state index in [4.69, 9.17) is 14.6 Å². The van der Waals surface area contributed by atoms with Crippen LogP contribution in [-0.4, -0.2) is 43.0 Å². The number of carbonyl (C=O) groups is 1. The van der Waals surface area contributed by atoms with Gasteiger partial charge < -0.3 is 19.9 Å². The highest BCUT2D eigenvalue weighted by Crippen LogP contribution is 2.14. The smallest absolute Gasteiger partial charge is 0.335 e. The molecule has 1 aromatic carbocycles.